The molecule has 0 aromatic heterocycles. The molecule has 0 amide bonds. The third kappa shape index (κ3) is 1.76. The lowest BCUT2D eigenvalue weighted by molar-refractivity contribution is -0.192. The average Bonchev–Trinajstić information content (AvgIpc) is 2.91. The first-order valence-electron chi connectivity index (χ1n) is 9.44. The summed E-state index contributed by atoms with van der Waals surface area (Å²) in [6, 6.07) is 0. The van der Waals surface area contributed by atoms with Crippen LogP contribution in [0.1, 0.15) is 46.5 Å². The van der Waals surface area contributed by atoms with Gasteiger partial charge < -0.3 is 9.84 Å². The van der Waals surface area contributed by atoms with E-state index in [0.29, 0.717) is 17.9 Å². The first kappa shape index (κ1) is 19.1. The average molecular weight is 490 g/mol. The number of rotatable bonds is 2. The van der Waals surface area contributed by atoms with Gasteiger partial charge in [0.25, 0.3) is 0 Å². The number of hydrogen-bond acceptors (Lipinski definition) is 4. The lowest BCUT2D eigenvalue weighted by Gasteiger charge is -2.57. The van der Waals surface area contributed by atoms with Gasteiger partial charge in [-0.25, -0.2) is 0 Å². The third-order valence-electron chi connectivity index (χ3n) is 8.09. The largest absolute Gasteiger partial charge is 0.468 e. The fourth-order valence-corrected chi connectivity index (χ4v) is 9.22. The van der Waals surface area contributed by atoms with Gasteiger partial charge in [0.15, 0.2) is 5.78 Å². The standard InChI is InChI=1S/C20H26Br2O4/c1-10(2)11-8-14(23)17(3)9-13-18(20(13,21)22)7-5-6-12(18)19(17,15(11)24)16(25)26-4/h8,10,12-14,23H,5-7,9H2,1-4H3/t12-,13+,14-,17-,18-,19+/m0/s1. The second-order valence-corrected chi connectivity index (χ2v) is 12.7. The zero-order valence-corrected chi connectivity index (χ0v) is 18.8. The fraction of sp³-hybridized carbons (Fsp3) is 0.800. The summed E-state index contributed by atoms with van der Waals surface area (Å²) in [5.74, 6) is -0.478. The Morgan fingerprint density at radius 3 is 2.58 bits per heavy atom. The van der Waals surface area contributed by atoms with Crippen LogP contribution in [0.4, 0.5) is 0 Å². The third-order valence-corrected chi connectivity index (χ3v) is 10.7. The summed E-state index contributed by atoms with van der Waals surface area (Å²) < 4.78 is 5.00. The Morgan fingerprint density at radius 1 is 1.35 bits per heavy atom. The van der Waals surface area contributed by atoms with Crippen molar-refractivity contribution in [1.29, 1.82) is 0 Å². The Balaban J connectivity index is 2.01. The minimum atomic E-state index is -1.31. The SMILES string of the molecule is COC(=O)[C@@]12C(=O)C(C(C)C)=C[C@H](O)[C@]1(C)C[C@H]1C(Br)(Br)[C@]13CCC[C@@H]32. The molecule has 144 valence electrons. The van der Waals surface area contributed by atoms with Crippen molar-refractivity contribution in [3.63, 3.8) is 0 Å². The number of ether oxygens (including phenoxy) is 1. The van der Waals surface area contributed by atoms with Crippen molar-refractivity contribution in [2.75, 3.05) is 7.11 Å². The summed E-state index contributed by atoms with van der Waals surface area (Å²) in [5, 5.41) is 11.2. The highest BCUT2D eigenvalue weighted by Gasteiger charge is 2.89. The van der Waals surface area contributed by atoms with Crippen molar-refractivity contribution in [3.8, 4) is 0 Å². The molecule has 0 bridgehead atoms. The molecular weight excluding hydrogens is 464 g/mol. The number of carbonyl (C=O) groups excluding carboxylic acids is 2. The second kappa shape index (κ2) is 5.44. The Morgan fingerprint density at radius 2 is 2.00 bits per heavy atom. The number of aliphatic hydroxyl groups is 1. The molecule has 26 heavy (non-hydrogen) atoms. The van der Waals surface area contributed by atoms with Crippen LogP contribution in [0, 0.1) is 34.0 Å². The van der Waals surface area contributed by atoms with Crippen molar-refractivity contribution < 1.29 is 19.4 Å². The van der Waals surface area contributed by atoms with Crippen molar-refractivity contribution in [1.82, 2.24) is 0 Å². The molecule has 6 heteroatoms. The molecule has 0 aromatic carbocycles. The van der Waals surface area contributed by atoms with Crippen molar-refractivity contribution in [2.24, 2.45) is 34.0 Å². The van der Waals surface area contributed by atoms with Gasteiger partial charge in [-0.05, 0) is 48.7 Å². The van der Waals surface area contributed by atoms with E-state index < -0.39 is 22.9 Å². The molecule has 0 aliphatic heterocycles. The van der Waals surface area contributed by atoms with Crippen LogP contribution in [0.3, 0.4) is 0 Å². The topological polar surface area (TPSA) is 63.6 Å². The molecule has 6 atom stereocenters. The van der Waals surface area contributed by atoms with Crippen molar-refractivity contribution in [2.45, 2.75) is 55.8 Å². The van der Waals surface area contributed by atoms with Gasteiger partial charge in [-0.15, -0.1) is 0 Å². The number of ketones is 1. The van der Waals surface area contributed by atoms with Gasteiger partial charge in [0.1, 0.15) is 5.41 Å². The molecular formula is C20H26Br2O4. The zero-order chi connectivity index (χ0) is 19.3. The highest BCUT2D eigenvalue weighted by atomic mass is 79.9. The molecule has 3 fully saturated rings. The number of halogens is 2. The summed E-state index contributed by atoms with van der Waals surface area (Å²) in [7, 11) is 1.36. The van der Waals surface area contributed by atoms with Gasteiger partial charge in [-0.3, -0.25) is 9.59 Å². The van der Waals surface area contributed by atoms with E-state index in [0.717, 1.165) is 19.3 Å². The Bertz CT molecular complexity index is 729. The van der Waals surface area contributed by atoms with Gasteiger partial charge in [-0.2, -0.15) is 0 Å². The van der Waals surface area contributed by atoms with E-state index >= 15 is 0 Å². The Labute approximate surface area is 171 Å². The molecule has 1 spiro atoms. The summed E-state index contributed by atoms with van der Waals surface area (Å²) in [4.78, 5) is 27.2. The Kier molecular flexibility index (Phi) is 4.01. The molecule has 3 saturated carbocycles. The number of fused-ring (bicyclic) bond motifs is 2. The molecule has 4 aliphatic carbocycles. The van der Waals surface area contributed by atoms with E-state index in [4.69, 9.17) is 4.74 Å². The van der Waals surface area contributed by atoms with Crippen LogP contribution < -0.4 is 0 Å². The quantitative estimate of drug-likeness (QED) is 0.362. The van der Waals surface area contributed by atoms with Crippen LogP contribution in [0.2, 0.25) is 0 Å². The lowest BCUT2D eigenvalue weighted by Crippen LogP contribution is -2.66. The van der Waals surface area contributed by atoms with Crippen LogP contribution in [0.5, 0.6) is 0 Å². The molecule has 4 nitrogen and oxygen atoms in total. The van der Waals surface area contributed by atoms with Gasteiger partial charge in [-0.1, -0.05) is 59.1 Å². The summed E-state index contributed by atoms with van der Waals surface area (Å²) in [6.07, 6.45) is 4.25. The molecule has 1 N–H and O–H groups in total. The maximum atomic E-state index is 13.9. The van der Waals surface area contributed by atoms with Crippen LogP contribution in [0.25, 0.3) is 0 Å². The van der Waals surface area contributed by atoms with Crippen LogP contribution >= 0.6 is 31.9 Å². The normalized spacial score (nSPS) is 48.4. The van der Waals surface area contributed by atoms with Gasteiger partial charge in [0, 0.05) is 10.8 Å². The van der Waals surface area contributed by atoms with Gasteiger partial charge in [0.2, 0.25) is 0 Å². The number of carbonyl (C=O) groups is 2. The number of hydrogen-bond donors (Lipinski definition) is 1. The fourth-order valence-electron chi connectivity index (χ4n) is 6.81. The molecule has 0 saturated heterocycles. The molecule has 0 heterocycles. The van der Waals surface area contributed by atoms with Crippen LogP contribution in [0.15, 0.2) is 11.6 Å². The zero-order valence-electron chi connectivity index (χ0n) is 15.6. The monoisotopic (exact) mass is 488 g/mol. The highest BCUT2D eigenvalue weighted by Crippen LogP contribution is 2.88. The number of alkyl halides is 2. The summed E-state index contributed by atoms with van der Waals surface area (Å²) in [6.45, 7) is 5.80. The summed E-state index contributed by atoms with van der Waals surface area (Å²) in [5.41, 5.74) is -1.74. The van der Waals surface area contributed by atoms with E-state index in [2.05, 4.69) is 31.9 Å². The number of aliphatic hydroxyl groups excluding tert-OH is 1. The molecule has 0 radical (unpaired) electrons. The first-order chi connectivity index (χ1) is 12.0. The number of allylic oxidation sites excluding steroid dienone is 1. The predicted octanol–water partition coefficient (Wildman–Crippen LogP) is 3.98. The number of esters is 1. The smallest absolute Gasteiger partial charge is 0.320 e. The van der Waals surface area contributed by atoms with Crippen molar-refractivity contribution >= 4 is 43.6 Å². The molecule has 0 unspecified atom stereocenters. The van der Waals surface area contributed by atoms with Crippen LogP contribution in [-0.2, 0) is 14.3 Å². The first-order valence-corrected chi connectivity index (χ1v) is 11.0. The molecule has 0 aromatic rings. The van der Waals surface area contributed by atoms with Crippen molar-refractivity contribution in [3.05, 3.63) is 11.6 Å². The number of methoxy groups -OCH3 is 1. The second-order valence-electron chi connectivity index (χ2n) is 9.13. The van der Waals surface area contributed by atoms with Gasteiger partial charge in [0.05, 0.1) is 16.4 Å². The van der Waals surface area contributed by atoms with Gasteiger partial charge >= 0.3 is 5.97 Å². The highest BCUT2D eigenvalue weighted by molar-refractivity contribution is 9.25. The van der Waals surface area contributed by atoms with E-state index in [-0.39, 0.29) is 26.3 Å². The maximum absolute atomic E-state index is 13.9. The van der Waals surface area contributed by atoms with Crippen LogP contribution in [-0.4, -0.2) is 33.3 Å². The summed E-state index contributed by atoms with van der Waals surface area (Å²) >= 11 is 7.74. The minimum Gasteiger partial charge on any atom is -0.468 e. The number of Topliss-reactive ketones (excluding diaryl/α,β-unsaturated/α-hetero) is 1. The lowest BCUT2D eigenvalue weighted by atomic mass is 9.43. The Hall–Kier alpha value is -0.200. The molecule has 4 rings (SSSR count). The minimum absolute atomic E-state index is 0.0461. The maximum Gasteiger partial charge on any atom is 0.320 e. The van der Waals surface area contributed by atoms with E-state index in [1.165, 1.54) is 7.11 Å². The molecule has 4 aliphatic rings. The van der Waals surface area contributed by atoms with E-state index in [1.807, 2.05) is 20.8 Å². The van der Waals surface area contributed by atoms with E-state index in [1.54, 1.807) is 6.08 Å². The predicted molar refractivity (Wildman–Crippen MR) is 105 cm³/mol. The van der Waals surface area contributed by atoms with E-state index in [9.17, 15) is 14.7 Å².